The molecular formula is C21H36O2S. The van der Waals surface area contributed by atoms with Gasteiger partial charge in [-0.1, -0.05) is 27.2 Å². The average Bonchev–Trinajstić information content (AvgIpc) is 2.95. The van der Waals surface area contributed by atoms with Crippen LogP contribution in [0.3, 0.4) is 0 Å². The van der Waals surface area contributed by atoms with E-state index in [1.165, 1.54) is 44.9 Å². The molecule has 138 valence electrons. The number of rotatable bonds is 2. The topological polar surface area (TPSA) is 34.1 Å². The number of hydrogen-bond acceptors (Lipinski definition) is 2. The fourth-order valence-electron chi connectivity index (χ4n) is 7.77. The molecule has 2 nitrogen and oxygen atoms in total. The molecule has 0 spiro atoms. The van der Waals surface area contributed by atoms with Gasteiger partial charge in [0.15, 0.2) is 9.84 Å². The van der Waals surface area contributed by atoms with Gasteiger partial charge >= 0.3 is 0 Å². The summed E-state index contributed by atoms with van der Waals surface area (Å²) in [6.07, 6.45) is 12.9. The van der Waals surface area contributed by atoms with E-state index in [0.717, 1.165) is 37.0 Å². The van der Waals surface area contributed by atoms with Crippen LogP contribution in [0.2, 0.25) is 0 Å². The van der Waals surface area contributed by atoms with E-state index in [1.54, 1.807) is 0 Å². The van der Waals surface area contributed by atoms with E-state index in [2.05, 4.69) is 13.8 Å². The highest BCUT2D eigenvalue weighted by Crippen LogP contribution is 2.66. The van der Waals surface area contributed by atoms with Crippen molar-refractivity contribution in [2.45, 2.75) is 90.2 Å². The molecule has 0 N–H and O–H groups in total. The molecule has 24 heavy (non-hydrogen) atoms. The predicted octanol–water partition coefficient (Wildman–Crippen LogP) is 5.22. The Morgan fingerprint density at radius 1 is 0.917 bits per heavy atom. The van der Waals surface area contributed by atoms with Crippen molar-refractivity contribution in [2.75, 3.05) is 5.75 Å². The van der Waals surface area contributed by atoms with E-state index in [-0.39, 0.29) is 5.25 Å². The van der Waals surface area contributed by atoms with Crippen molar-refractivity contribution in [3.05, 3.63) is 0 Å². The van der Waals surface area contributed by atoms with E-state index >= 15 is 0 Å². The van der Waals surface area contributed by atoms with Crippen LogP contribution >= 0.6 is 0 Å². The van der Waals surface area contributed by atoms with Crippen LogP contribution in [-0.2, 0) is 9.84 Å². The van der Waals surface area contributed by atoms with Crippen molar-refractivity contribution in [2.24, 2.45) is 34.5 Å². The highest BCUT2D eigenvalue weighted by Gasteiger charge is 2.58. The fraction of sp³-hybridized carbons (Fsp3) is 1.00. The van der Waals surface area contributed by atoms with Gasteiger partial charge in [-0.3, -0.25) is 0 Å². The maximum atomic E-state index is 12.4. The Labute approximate surface area is 149 Å². The number of sulfone groups is 1. The quantitative estimate of drug-likeness (QED) is 0.682. The third kappa shape index (κ3) is 2.43. The minimum atomic E-state index is -2.85. The molecule has 0 aromatic carbocycles. The Morgan fingerprint density at radius 3 is 2.46 bits per heavy atom. The van der Waals surface area contributed by atoms with Crippen LogP contribution in [0, 0.1) is 34.5 Å². The number of fused-ring (bicyclic) bond motifs is 5. The lowest BCUT2D eigenvalue weighted by atomic mass is 9.45. The summed E-state index contributed by atoms with van der Waals surface area (Å²) in [5, 5.41) is -0.0440. The molecule has 0 aromatic rings. The molecule has 4 fully saturated rings. The molecule has 4 aliphatic rings. The van der Waals surface area contributed by atoms with Crippen molar-refractivity contribution in [3.63, 3.8) is 0 Å². The molecule has 3 heteroatoms. The SMILES string of the molecule is CCS(=O)(=O)C1CC[C@@]2(C)[C@@H](CC[C@H]3[C@@H]4CCC[C@@]4(C)CC[C@@H]32)C1. The zero-order chi connectivity index (χ0) is 17.2. The molecule has 4 aliphatic carbocycles. The van der Waals surface area contributed by atoms with E-state index < -0.39 is 9.84 Å². The first-order valence-corrected chi connectivity index (χ1v) is 12.2. The normalized spacial score (nSPS) is 51.5. The van der Waals surface area contributed by atoms with Crippen LogP contribution in [-0.4, -0.2) is 19.4 Å². The Balaban J connectivity index is 1.57. The van der Waals surface area contributed by atoms with Crippen molar-refractivity contribution < 1.29 is 8.42 Å². The molecular weight excluding hydrogens is 316 g/mol. The number of hydrogen-bond donors (Lipinski definition) is 0. The van der Waals surface area contributed by atoms with Gasteiger partial charge in [-0.05, 0) is 92.3 Å². The maximum absolute atomic E-state index is 12.4. The van der Waals surface area contributed by atoms with Crippen LogP contribution in [0.5, 0.6) is 0 Å². The lowest BCUT2D eigenvalue weighted by Crippen LogP contribution is -2.53. The third-order valence-electron chi connectivity index (χ3n) is 9.31. The average molecular weight is 353 g/mol. The van der Waals surface area contributed by atoms with Gasteiger partial charge in [-0.15, -0.1) is 0 Å². The van der Waals surface area contributed by atoms with Gasteiger partial charge in [0, 0.05) is 5.75 Å². The van der Waals surface area contributed by atoms with Gasteiger partial charge in [-0.2, -0.15) is 0 Å². The van der Waals surface area contributed by atoms with Gasteiger partial charge in [0.25, 0.3) is 0 Å². The summed E-state index contributed by atoms with van der Waals surface area (Å²) in [6.45, 7) is 6.93. The first-order valence-electron chi connectivity index (χ1n) is 10.5. The maximum Gasteiger partial charge on any atom is 0.152 e. The minimum absolute atomic E-state index is 0.0440. The largest absolute Gasteiger partial charge is 0.229 e. The highest BCUT2D eigenvalue weighted by atomic mass is 32.2. The molecule has 0 amide bonds. The van der Waals surface area contributed by atoms with E-state index in [4.69, 9.17) is 0 Å². The van der Waals surface area contributed by atoms with Crippen LogP contribution in [0.4, 0.5) is 0 Å². The molecule has 0 aromatic heterocycles. The van der Waals surface area contributed by atoms with E-state index in [1.807, 2.05) is 6.92 Å². The van der Waals surface area contributed by atoms with Gasteiger partial charge in [0.2, 0.25) is 0 Å². The molecule has 0 aliphatic heterocycles. The monoisotopic (exact) mass is 352 g/mol. The summed E-state index contributed by atoms with van der Waals surface area (Å²) in [5.74, 6) is 3.76. The van der Waals surface area contributed by atoms with E-state index in [0.29, 0.717) is 22.5 Å². The molecule has 4 saturated carbocycles. The molecule has 4 rings (SSSR count). The summed E-state index contributed by atoms with van der Waals surface area (Å²) in [5.41, 5.74) is 1.06. The summed E-state index contributed by atoms with van der Waals surface area (Å²) >= 11 is 0. The van der Waals surface area contributed by atoms with Gasteiger partial charge < -0.3 is 0 Å². The van der Waals surface area contributed by atoms with Crippen molar-refractivity contribution in [1.82, 2.24) is 0 Å². The van der Waals surface area contributed by atoms with Crippen molar-refractivity contribution in [1.29, 1.82) is 0 Å². The second kappa shape index (κ2) is 5.72. The second-order valence-corrected chi connectivity index (χ2v) is 12.7. The van der Waals surface area contributed by atoms with Crippen LogP contribution in [0.1, 0.15) is 85.0 Å². The summed E-state index contributed by atoms with van der Waals surface area (Å²) in [6, 6.07) is 0. The zero-order valence-electron chi connectivity index (χ0n) is 15.9. The van der Waals surface area contributed by atoms with Crippen LogP contribution < -0.4 is 0 Å². The predicted molar refractivity (Wildman–Crippen MR) is 99.6 cm³/mol. The second-order valence-electron chi connectivity index (χ2n) is 10.1. The first-order chi connectivity index (χ1) is 11.3. The van der Waals surface area contributed by atoms with Crippen molar-refractivity contribution in [3.8, 4) is 0 Å². The van der Waals surface area contributed by atoms with Crippen LogP contribution in [0.15, 0.2) is 0 Å². The van der Waals surface area contributed by atoms with Gasteiger partial charge in [-0.25, -0.2) is 8.42 Å². The Bertz CT molecular complexity index is 597. The summed E-state index contributed by atoms with van der Waals surface area (Å²) < 4.78 is 24.8. The smallest absolute Gasteiger partial charge is 0.152 e. The highest BCUT2D eigenvalue weighted by molar-refractivity contribution is 7.92. The standard InChI is InChI=1S/C21H36O2S/c1-4-24(22,23)16-9-13-21(3)15(14-16)7-8-17-18-6-5-11-20(18,2)12-10-19(17)21/h15-19H,4-14H2,1-3H3/t15-,16?,17-,18-,19-,20-,21-/m0/s1. The Morgan fingerprint density at radius 2 is 1.71 bits per heavy atom. The molecule has 0 radical (unpaired) electrons. The first kappa shape index (κ1) is 17.4. The van der Waals surface area contributed by atoms with Gasteiger partial charge in [0.1, 0.15) is 0 Å². The Hall–Kier alpha value is -0.0500. The summed E-state index contributed by atoms with van der Waals surface area (Å²) in [4.78, 5) is 0. The summed E-state index contributed by atoms with van der Waals surface area (Å²) in [7, 11) is -2.85. The van der Waals surface area contributed by atoms with Crippen molar-refractivity contribution >= 4 is 9.84 Å². The van der Waals surface area contributed by atoms with Crippen LogP contribution in [0.25, 0.3) is 0 Å². The minimum Gasteiger partial charge on any atom is -0.229 e. The fourth-order valence-corrected chi connectivity index (χ4v) is 9.25. The van der Waals surface area contributed by atoms with Gasteiger partial charge in [0.05, 0.1) is 5.25 Å². The van der Waals surface area contributed by atoms with E-state index in [9.17, 15) is 8.42 Å². The lowest BCUT2D eigenvalue weighted by Gasteiger charge is -2.60. The molecule has 7 atom stereocenters. The molecule has 0 bridgehead atoms. The third-order valence-corrected chi connectivity index (χ3v) is 11.6. The molecule has 0 saturated heterocycles. The lowest BCUT2D eigenvalue weighted by molar-refractivity contribution is -0.102. The zero-order valence-corrected chi connectivity index (χ0v) is 16.7. The molecule has 0 heterocycles. The molecule has 1 unspecified atom stereocenters. The Kier molecular flexibility index (Phi) is 4.14.